The molecular formula is C10H17NO5S. The van der Waals surface area contributed by atoms with Gasteiger partial charge in [0, 0.05) is 18.2 Å². The van der Waals surface area contributed by atoms with Gasteiger partial charge in [0.2, 0.25) is 0 Å². The van der Waals surface area contributed by atoms with Crippen LogP contribution in [0.4, 0.5) is 4.79 Å². The van der Waals surface area contributed by atoms with E-state index < -0.39 is 26.6 Å². The number of sulfone groups is 1. The van der Waals surface area contributed by atoms with Gasteiger partial charge in [-0.1, -0.05) is 0 Å². The summed E-state index contributed by atoms with van der Waals surface area (Å²) in [6.45, 7) is 0.0579. The molecule has 0 aromatic carbocycles. The van der Waals surface area contributed by atoms with Crippen molar-refractivity contribution in [2.45, 2.75) is 30.9 Å². The highest BCUT2D eigenvalue weighted by Crippen LogP contribution is 2.36. The van der Waals surface area contributed by atoms with Crippen molar-refractivity contribution in [3.05, 3.63) is 0 Å². The fraction of sp³-hybridized carbons (Fsp3) is 0.800. The van der Waals surface area contributed by atoms with Crippen LogP contribution >= 0.6 is 0 Å². The molecular weight excluding hydrogens is 246 g/mol. The lowest BCUT2D eigenvalue weighted by Gasteiger charge is -2.35. The summed E-state index contributed by atoms with van der Waals surface area (Å²) in [5, 5.41) is 10.3. The van der Waals surface area contributed by atoms with Gasteiger partial charge in [0.1, 0.15) is 16.1 Å². The van der Waals surface area contributed by atoms with Gasteiger partial charge in [-0.2, -0.15) is 0 Å². The Balaban J connectivity index is 2.63. The van der Waals surface area contributed by atoms with Crippen molar-refractivity contribution in [1.82, 2.24) is 5.32 Å². The van der Waals surface area contributed by atoms with E-state index in [0.29, 0.717) is 25.7 Å². The molecule has 1 aliphatic carbocycles. The van der Waals surface area contributed by atoms with Crippen LogP contribution in [0.2, 0.25) is 0 Å². The van der Waals surface area contributed by atoms with E-state index in [1.165, 1.54) is 6.26 Å². The second-order valence-electron chi connectivity index (χ2n) is 4.67. The maximum atomic E-state index is 11.4. The number of carbonyl (C=O) groups excluding carboxylic acids is 1. The van der Waals surface area contributed by atoms with Crippen molar-refractivity contribution >= 4 is 22.2 Å². The summed E-state index contributed by atoms with van der Waals surface area (Å²) in [5.41, 5.74) is -0.737. The zero-order chi connectivity index (χ0) is 13.1. The molecule has 0 heterocycles. The Kier molecular flexibility index (Phi) is 4.13. The van der Waals surface area contributed by atoms with Crippen molar-refractivity contribution in [2.75, 3.05) is 12.8 Å². The number of rotatable bonds is 4. The van der Waals surface area contributed by atoms with Crippen LogP contribution in [0.15, 0.2) is 0 Å². The first-order valence-corrected chi connectivity index (χ1v) is 7.36. The van der Waals surface area contributed by atoms with Crippen LogP contribution in [0.1, 0.15) is 25.7 Å². The van der Waals surface area contributed by atoms with E-state index in [0.717, 1.165) is 6.29 Å². The third-order valence-corrected chi connectivity index (χ3v) is 5.06. The Morgan fingerprint density at radius 3 is 2.35 bits per heavy atom. The van der Waals surface area contributed by atoms with E-state index in [4.69, 9.17) is 5.11 Å². The molecule has 0 spiro atoms. The summed E-state index contributed by atoms with van der Waals surface area (Å²) in [6.07, 6.45) is 2.43. The molecule has 0 saturated heterocycles. The first-order chi connectivity index (χ1) is 7.79. The molecule has 98 valence electrons. The molecule has 1 amide bonds. The lowest BCUT2D eigenvalue weighted by Crippen LogP contribution is -2.42. The number of carbonyl (C=O) groups is 2. The molecule has 0 aromatic heterocycles. The highest BCUT2D eigenvalue weighted by atomic mass is 32.2. The van der Waals surface area contributed by atoms with Crippen molar-refractivity contribution < 1.29 is 23.1 Å². The Labute approximate surface area is 100 Å². The second kappa shape index (κ2) is 5.03. The molecule has 7 heteroatoms. The summed E-state index contributed by atoms with van der Waals surface area (Å²) >= 11 is 0. The zero-order valence-electron chi connectivity index (χ0n) is 9.68. The number of amides is 1. The van der Waals surface area contributed by atoms with Crippen LogP contribution in [0, 0.1) is 5.41 Å². The van der Waals surface area contributed by atoms with Crippen LogP contribution < -0.4 is 5.32 Å². The zero-order valence-corrected chi connectivity index (χ0v) is 10.5. The summed E-state index contributed by atoms with van der Waals surface area (Å²) in [4.78, 5) is 21.5. The smallest absolute Gasteiger partial charge is 0.404 e. The molecule has 1 aliphatic rings. The first kappa shape index (κ1) is 14.0. The molecule has 0 aliphatic heterocycles. The van der Waals surface area contributed by atoms with Crippen molar-refractivity contribution in [1.29, 1.82) is 0 Å². The van der Waals surface area contributed by atoms with Crippen LogP contribution in [0.25, 0.3) is 0 Å². The molecule has 1 fully saturated rings. The van der Waals surface area contributed by atoms with Crippen LogP contribution in [-0.4, -0.2) is 44.0 Å². The van der Waals surface area contributed by atoms with Gasteiger partial charge in [-0.15, -0.1) is 0 Å². The van der Waals surface area contributed by atoms with E-state index in [2.05, 4.69) is 5.32 Å². The second-order valence-corrected chi connectivity index (χ2v) is 6.99. The number of hydrogen-bond donors (Lipinski definition) is 2. The lowest BCUT2D eigenvalue weighted by molar-refractivity contribution is -0.117. The van der Waals surface area contributed by atoms with Gasteiger partial charge in [0.15, 0.2) is 0 Å². The van der Waals surface area contributed by atoms with Crippen LogP contribution in [-0.2, 0) is 14.6 Å². The van der Waals surface area contributed by atoms with Crippen molar-refractivity contribution in [3.63, 3.8) is 0 Å². The normalized spacial score (nSPS) is 29.6. The molecule has 0 atom stereocenters. The molecule has 2 N–H and O–H groups in total. The molecule has 17 heavy (non-hydrogen) atoms. The van der Waals surface area contributed by atoms with Gasteiger partial charge >= 0.3 is 6.09 Å². The SMILES string of the molecule is CS(=O)(=O)C1CCC(C=O)(CNC(=O)O)CC1. The summed E-state index contributed by atoms with van der Waals surface area (Å²) in [6, 6.07) is 0. The van der Waals surface area contributed by atoms with Gasteiger partial charge in [-0.25, -0.2) is 13.2 Å². The maximum absolute atomic E-state index is 11.4. The van der Waals surface area contributed by atoms with Crippen LogP contribution in [0.3, 0.4) is 0 Å². The third kappa shape index (κ3) is 3.69. The third-order valence-electron chi connectivity index (χ3n) is 3.38. The van der Waals surface area contributed by atoms with Gasteiger partial charge in [0.25, 0.3) is 0 Å². The number of aldehydes is 1. The largest absolute Gasteiger partial charge is 0.465 e. The molecule has 1 saturated carbocycles. The molecule has 0 radical (unpaired) electrons. The number of hydrogen-bond acceptors (Lipinski definition) is 4. The van der Waals surface area contributed by atoms with Gasteiger partial charge in [0.05, 0.1) is 5.25 Å². The van der Waals surface area contributed by atoms with Gasteiger partial charge in [-0.05, 0) is 25.7 Å². The van der Waals surface area contributed by atoms with Crippen molar-refractivity contribution in [2.24, 2.45) is 5.41 Å². The Hall–Kier alpha value is -1.11. The first-order valence-electron chi connectivity index (χ1n) is 5.41. The molecule has 6 nitrogen and oxygen atoms in total. The predicted octanol–water partition coefficient (Wildman–Crippen LogP) is 0.427. The lowest BCUT2D eigenvalue weighted by atomic mass is 9.75. The Bertz CT molecular complexity index is 395. The highest BCUT2D eigenvalue weighted by molar-refractivity contribution is 7.91. The van der Waals surface area contributed by atoms with E-state index in [9.17, 15) is 18.0 Å². The average Bonchev–Trinajstić information content (AvgIpc) is 2.26. The van der Waals surface area contributed by atoms with Crippen LogP contribution in [0.5, 0.6) is 0 Å². The van der Waals surface area contributed by atoms with Gasteiger partial charge < -0.3 is 15.2 Å². The minimum atomic E-state index is -3.07. The minimum absolute atomic E-state index is 0.0579. The topological polar surface area (TPSA) is 101 Å². The highest BCUT2D eigenvalue weighted by Gasteiger charge is 2.38. The quantitative estimate of drug-likeness (QED) is 0.716. The Morgan fingerprint density at radius 1 is 1.47 bits per heavy atom. The molecule has 0 aromatic rings. The molecule has 0 bridgehead atoms. The van der Waals surface area contributed by atoms with E-state index in [1.54, 1.807) is 0 Å². The van der Waals surface area contributed by atoms with Gasteiger partial charge in [-0.3, -0.25) is 0 Å². The standard InChI is InChI=1S/C10H17NO5S/c1-17(15,16)8-2-4-10(7-12,5-3-8)6-11-9(13)14/h7-8,11H,2-6H2,1H3,(H,13,14). The molecule has 0 unspecified atom stereocenters. The fourth-order valence-electron chi connectivity index (χ4n) is 2.18. The predicted molar refractivity (Wildman–Crippen MR) is 61.6 cm³/mol. The Morgan fingerprint density at radius 2 is 2.00 bits per heavy atom. The number of nitrogens with one attached hydrogen (secondary N) is 1. The summed E-state index contributed by atoms with van der Waals surface area (Å²) < 4.78 is 22.7. The van der Waals surface area contributed by atoms with E-state index >= 15 is 0 Å². The van der Waals surface area contributed by atoms with E-state index in [-0.39, 0.29) is 6.54 Å². The molecule has 1 rings (SSSR count). The average molecular weight is 263 g/mol. The number of carboxylic acid groups (broad SMARTS) is 1. The summed E-state index contributed by atoms with van der Waals surface area (Å²) in [7, 11) is -3.07. The minimum Gasteiger partial charge on any atom is -0.465 e. The maximum Gasteiger partial charge on any atom is 0.404 e. The van der Waals surface area contributed by atoms with Crippen molar-refractivity contribution in [3.8, 4) is 0 Å². The monoisotopic (exact) mass is 263 g/mol. The fourth-order valence-corrected chi connectivity index (χ4v) is 3.27. The van der Waals surface area contributed by atoms with E-state index in [1.807, 2.05) is 0 Å². The summed E-state index contributed by atoms with van der Waals surface area (Å²) in [5.74, 6) is 0.